The number of para-hydroxylation sites is 3. The Hall–Kier alpha value is -4.24. The first kappa shape index (κ1) is 23.9. The molecule has 35 heavy (non-hydrogen) atoms. The van der Waals surface area contributed by atoms with Gasteiger partial charge in [-0.15, -0.1) is 0 Å². The minimum absolute atomic E-state index is 0.0530. The van der Waals surface area contributed by atoms with Crippen LogP contribution in [0.15, 0.2) is 65.1 Å². The van der Waals surface area contributed by atoms with Crippen LogP contribution in [-0.2, 0) is 17.9 Å². The number of carboxylic acid groups (broad SMARTS) is 1. The number of nitrogens with zero attached hydrogens (tertiary/aromatic N) is 2. The van der Waals surface area contributed by atoms with Crippen molar-refractivity contribution in [2.75, 3.05) is 0 Å². The third-order valence-electron chi connectivity index (χ3n) is 5.73. The average molecular weight is 476 g/mol. The molecule has 0 aliphatic rings. The van der Waals surface area contributed by atoms with E-state index in [1.54, 1.807) is 37.3 Å². The van der Waals surface area contributed by atoms with E-state index in [9.17, 15) is 20.0 Å². The number of hydrogen-bond donors (Lipinski definition) is 2. The van der Waals surface area contributed by atoms with Crippen molar-refractivity contribution in [3.63, 3.8) is 0 Å². The summed E-state index contributed by atoms with van der Waals surface area (Å²) in [6.45, 7) is 5.41. The number of nitrogens with one attached hydrogen (secondary N) is 1. The number of aromatic nitrogens is 1. The van der Waals surface area contributed by atoms with Crippen molar-refractivity contribution in [3.8, 4) is 17.2 Å². The summed E-state index contributed by atoms with van der Waals surface area (Å²) in [5, 5.41) is 24.6. The van der Waals surface area contributed by atoms with Gasteiger partial charge in [0, 0.05) is 24.2 Å². The zero-order chi connectivity index (χ0) is 25.2. The number of aliphatic carboxylic acids is 1. The molecular formula is C26H25N3O6. The SMILES string of the molecule is Cc1c(CNCc2ccccc2OC(C)(C)C(=O)O)ccc(-c2nc3ccccc3o2)c1[N+](=O)[O-]. The van der Waals surface area contributed by atoms with Crippen molar-refractivity contribution in [2.24, 2.45) is 0 Å². The minimum Gasteiger partial charge on any atom is -0.478 e. The number of carboxylic acids is 1. The first-order valence-electron chi connectivity index (χ1n) is 11.0. The lowest BCUT2D eigenvalue weighted by Gasteiger charge is -2.23. The predicted molar refractivity (Wildman–Crippen MR) is 130 cm³/mol. The molecule has 2 N–H and O–H groups in total. The van der Waals surface area contributed by atoms with E-state index in [0.717, 1.165) is 11.1 Å². The molecule has 3 aromatic carbocycles. The van der Waals surface area contributed by atoms with Gasteiger partial charge in [0.2, 0.25) is 5.89 Å². The Morgan fingerprint density at radius 3 is 2.49 bits per heavy atom. The van der Waals surface area contributed by atoms with Crippen LogP contribution < -0.4 is 10.1 Å². The van der Waals surface area contributed by atoms with Gasteiger partial charge < -0.3 is 19.6 Å². The summed E-state index contributed by atoms with van der Waals surface area (Å²) in [6, 6.07) is 17.8. The predicted octanol–water partition coefficient (Wildman–Crippen LogP) is 5.24. The summed E-state index contributed by atoms with van der Waals surface area (Å²) in [6.07, 6.45) is 0. The van der Waals surface area contributed by atoms with Crippen LogP contribution in [0.2, 0.25) is 0 Å². The normalized spacial score (nSPS) is 11.5. The van der Waals surface area contributed by atoms with Crippen LogP contribution in [0.3, 0.4) is 0 Å². The standard InChI is InChI=1S/C26H25N3O6/c1-16-17(14-27-15-18-8-4-6-10-21(18)35-26(2,3)25(30)31)12-13-19(23(16)29(32)33)24-28-20-9-5-7-11-22(20)34-24/h4-13,27H,14-15H2,1-3H3,(H,30,31). The Kier molecular flexibility index (Phi) is 6.52. The van der Waals surface area contributed by atoms with E-state index in [1.807, 2.05) is 30.3 Å². The molecule has 0 saturated heterocycles. The van der Waals surface area contributed by atoms with Gasteiger partial charge in [0.25, 0.3) is 5.69 Å². The highest BCUT2D eigenvalue weighted by Crippen LogP contribution is 2.35. The van der Waals surface area contributed by atoms with Crippen LogP contribution in [-0.4, -0.2) is 26.6 Å². The summed E-state index contributed by atoms with van der Waals surface area (Å²) in [7, 11) is 0. The zero-order valence-electron chi connectivity index (χ0n) is 19.6. The van der Waals surface area contributed by atoms with E-state index in [2.05, 4.69) is 10.3 Å². The van der Waals surface area contributed by atoms with E-state index in [0.29, 0.717) is 41.1 Å². The fraction of sp³-hybridized carbons (Fsp3) is 0.231. The average Bonchev–Trinajstić information content (AvgIpc) is 3.24. The molecule has 9 nitrogen and oxygen atoms in total. The number of fused-ring (bicyclic) bond motifs is 1. The molecular weight excluding hydrogens is 450 g/mol. The lowest BCUT2D eigenvalue weighted by atomic mass is 10.0. The quantitative estimate of drug-likeness (QED) is 0.248. The zero-order valence-corrected chi connectivity index (χ0v) is 19.6. The van der Waals surface area contributed by atoms with Gasteiger partial charge in [-0.05, 0) is 50.6 Å². The van der Waals surface area contributed by atoms with Crippen LogP contribution in [0.5, 0.6) is 5.75 Å². The van der Waals surface area contributed by atoms with Crippen LogP contribution in [0.25, 0.3) is 22.6 Å². The van der Waals surface area contributed by atoms with Crippen LogP contribution in [0, 0.1) is 17.0 Å². The molecule has 0 atom stereocenters. The molecule has 0 fully saturated rings. The van der Waals surface area contributed by atoms with Gasteiger partial charge in [-0.2, -0.15) is 0 Å². The maximum atomic E-state index is 12.0. The van der Waals surface area contributed by atoms with E-state index >= 15 is 0 Å². The molecule has 0 unspecified atom stereocenters. The van der Waals surface area contributed by atoms with Crippen LogP contribution >= 0.6 is 0 Å². The Balaban J connectivity index is 1.55. The molecule has 4 rings (SSSR count). The van der Waals surface area contributed by atoms with E-state index < -0.39 is 16.5 Å². The molecule has 4 aromatic rings. The molecule has 1 aromatic heterocycles. The first-order valence-corrected chi connectivity index (χ1v) is 11.0. The Morgan fingerprint density at radius 1 is 1.09 bits per heavy atom. The Bertz CT molecular complexity index is 1380. The van der Waals surface area contributed by atoms with Gasteiger partial charge in [-0.25, -0.2) is 9.78 Å². The summed E-state index contributed by atoms with van der Waals surface area (Å²) in [5.41, 5.74) is 2.12. The summed E-state index contributed by atoms with van der Waals surface area (Å²) in [5.74, 6) is -0.406. The van der Waals surface area contributed by atoms with Gasteiger partial charge in [0.15, 0.2) is 11.2 Å². The molecule has 9 heteroatoms. The number of carbonyl (C=O) groups is 1. The van der Waals surface area contributed by atoms with E-state index in [4.69, 9.17) is 9.15 Å². The molecule has 0 amide bonds. The van der Waals surface area contributed by atoms with Gasteiger partial charge in [0.05, 0.1) is 4.92 Å². The highest BCUT2D eigenvalue weighted by Gasteiger charge is 2.30. The second-order valence-electron chi connectivity index (χ2n) is 8.62. The van der Waals surface area contributed by atoms with Crippen molar-refractivity contribution >= 4 is 22.8 Å². The first-order chi connectivity index (χ1) is 16.7. The molecule has 180 valence electrons. The topological polar surface area (TPSA) is 128 Å². The van der Waals surface area contributed by atoms with Gasteiger partial charge in [0.1, 0.15) is 16.8 Å². The number of nitro groups is 1. The lowest BCUT2D eigenvalue weighted by molar-refractivity contribution is -0.384. The largest absolute Gasteiger partial charge is 0.478 e. The fourth-order valence-corrected chi connectivity index (χ4v) is 3.73. The van der Waals surface area contributed by atoms with Crippen LogP contribution in [0.1, 0.15) is 30.5 Å². The number of nitro benzene ring substituents is 1. The summed E-state index contributed by atoms with van der Waals surface area (Å²) >= 11 is 0. The molecule has 0 aliphatic carbocycles. The number of hydrogen-bond acceptors (Lipinski definition) is 7. The Morgan fingerprint density at radius 2 is 1.77 bits per heavy atom. The van der Waals surface area contributed by atoms with Gasteiger partial charge >= 0.3 is 5.97 Å². The maximum Gasteiger partial charge on any atom is 0.347 e. The summed E-state index contributed by atoms with van der Waals surface area (Å²) < 4.78 is 11.5. The molecule has 0 spiro atoms. The van der Waals surface area contributed by atoms with Crippen molar-refractivity contribution in [3.05, 3.63) is 87.5 Å². The smallest absolute Gasteiger partial charge is 0.347 e. The molecule has 1 heterocycles. The third kappa shape index (κ3) is 4.99. The van der Waals surface area contributed by atoms with Crippen LogP contribution in [0.4, 0.5) is 5.69 Å². The number of oxazole rings is 1. The van der Waals surface area contributed by atoms with Gasteiger partial charge in [-0.3, -0.25) is 10.1 Å². The fourth-order valence-electron chi connectivity index (χ4n) is 3.73. The second kappa shape index (κ2) is 9.55. The molecule has 0 saturated carbocycles. The molecule has 0 bridgehead atoms. The monoisotopic (exact) mass is 475 g/mol. The van der Waals surface area contributed by atoms with E-state index in [1.165, 1.54) is 13.8 Å². The number of benzene rings is 3. The van der Waals surface area contributed by atoms with E-state index in [-0.39, 0.29) is 11.6 Å². The lowest BCUT2D eigenvalue weighted by Crippen LogP contribution is -2.38. The molecule has 0 radical (unpaired) electrons. The summed E-state index contributed by atoms with van der Waals surface area (Å²) in [4.78, 5) is 27.4. The highest BCUT2D eigenvalue weighted by molar-refractivity contribution is 5.79. The van der Waals surface area contributed by atoms with Crippen molar-refractivity contribution in [1.29, 1.82) is 0 Å². The number of rotatable bonds is 9. The minimum atomic E-state index is -1.38. The van der Waals surface area contributed by atoms with Crippen molar-refractivity contribution in [2.45, 2.75) is 39.5 Å². The Labute approximate surface area is 201 Å². The maximum absolute atomic E-state index is 12.0. The molecule has 0 aliphatic heterocycles. The number of ether oxygens (including phenoxy) is 1. The van der Waals surface area contributed by atoms with Crippen molar-refractivity contribution < 1.29 is 24.0 Å². The highest BCUT2D eigenvalue weighted by atomic mass is 16.6. The van der Waals surface area contributed by atoms with Crippen molar-refractivity contribution in [1.82, 2.24) is 10.3 Å². The second-order valence-corrected chi connectivity index (χ2v) is 8.62. The third-order valence-corrected chi connectivity index (χ3v) is 5.73. The van der Waals surface area contributed by atoms with Gasteiger partial charge in [-0.1, -0.05) is 36.4 Å².